The third kappa shape index (κ3) is 5.39. The number of nitrogens with one attached hydrogen (secondary N) is 2. The van der Waals surface area contributed by atoms with Gasteiger partial charge < -0.3 is 10.6 Å². The Morgan fingerprint density at radius 2 is 1.94 bits per heavy atom. The number of amides is 1. The molecule has 0 saturated heterocycles. The average molecular weight is 261 g/mol. The van der Waals surface area contributed by atoms with Gasteiger partial charge in [0.2, 0.25) is 5.91 Å². The summed E-state index contributed by atoms with van der Waals surface area (Å²) in [6.07, 6.45) is 2.05. The molecule has 1 rings (SSSR count). The van der Waals surface area contributed by atoms with Crippen LogP contribution in [-0.2, 0) is 11.3 Å². The molecule has 0 aromatic heterocycles. The van der Waals surface area contributed by atoms with E-state index in [1.54, 1.807) is 18.8 Å². The molecule has 0 saturated carbocycles. The predicted molar refractivity (Wildman–Crippen MR) is 71.2 cm³/mol. The van der Waals surface area contributed by atoms with Gasteiger partial charge in [0, 0.05) is 11.4 Å². The molecule has 5 heteroatoms. The van der Waals surface area contributed by atoms with Crippen LogP contribution in [0.25, 0.3) is 0 Å². The highest BCUT2D eigenvalue weighted by atomic mass is 35.5. The maximum atomic E-state index is 11.2. The lowest BCUT2D eigenvalue weighted by Crippen LogP contribution is -2.31. The van der Waals surface area contributed by atoms with Crippen molar-refractivity contribution in [2.24, 2.45) is 0 Å². The number of benzene rings is 1. The monoisotopic (exact) mass is 260 g/mol. The summed E-state index contributed by atoms with van der Waals surface area (Å²) in [5, 5.41) is 5.64. The molecule has 0 bridgehead atoms. The lowest BCUT2D eigenvalue weighted by Gasteiger charge is -2.05. The van der Waals surface area contributed by atoms with E-state index in [4.69, 9.17) is 0 Å². The summed E-state index contributed by atoms with van der Waals surface area (Å²) in [5.41, 5.74) is 1.12. The Balaban J connectivity index is 0.00000225. The summed E-state index contributed by atoms with van der Waals surface area (Å²) < 4.78 is 0. The largest absolute Gasteiger partial charge is 0.351 e. The Morgan fingerprint density at radius 1 is 1.31 bits per heavy atom. The summed E-state index contributed by atoms with van der Waals surface area (Å²) in [6.45, 7) is 0.956. The van der Waals surface area contributed by atoms with Crippen LogP contribution in [0.5, 0.6) is 0 Å². The zero-order chi connectivity index (χ0) is 11.1. The van der Waals surface area contributed by atoms with E-state index in [2.05, 4.69) is 22.8 Å². The van der Waals surface area contributed by atoms with Crippen molar-refractivity contribution in [3.05, 3.63) is 29.8 Å². The highest BCUT2D eigenvalue weighted by Crippen LogP contribution is 2.14. The van der Waals surface area contributed by atoms with Gasteiger partial charge in [-0.25, -0.2) is 0 Å². The molecule has 0 fully saturated rings. The van der Waals surface area contributed by atoms with Crippen molar-refractivity contribution in [2.45, 2.75) is 11.4 Å². The molecule has 1 aromatic rings. The van der Waals surface area contributed by atoms with E-state index in [0.29, 0.717) is 13.1 Å². The van der Waals surface area contributed by atoms with Crippen LogP contribution < -0.4 is 10.6 Å². The highest BCUT2D eigenvalue weighted by Gasteiger charge is 1.98. The van der Waals surface area contributed by atoms with E-state index >= 15 is 0 Å². The molecule has 2 N–H and O–H groups in total. The zero-order valence-corrected chi connectivity index (χ0v) is 11.1. The quantitative estimate of drug-likeness (QED) is 0.792. The lowest BCUT2D eigenvalue weighted by molar-refractivity contribution is -0.120. The average Bonchev–Trinajstić information content (AvgIpc) is 2.27. The first kappa shape index (κ1) is 15.3. The van der Waals surface area contributed by atoms with Gasteiger partial charge in [-0.1, -0.05) is 12.1 Å². The summed E-state index contributed by atoms with van der Waals surface area (Å²) in [7, 11) is 1.76. The van der Waals surface area contributed by atoms with Crippen molar-refractivity contribution in [3.63, 3.8) is 0 Å². The molecule has 16 heavy (non-hydrogen) atoms. The number of thioether (sulfide) groups is 1. The summed E-state index contributed by atoms with van der Waals surface area (Å²) in [4.78, 5) is 12.4. The molecule has 90 valence electrons. The van der Waals surface area contributed by atoms with Gasteiger partial charge in [-0.15, -0.1) is 24.2 Å². The van der Waals surface area contributed by atoms with E-state index < -0.39 is 0 Å². The Bertz CT molecular complexity index is 316. The van der Waals surface area contributed by atoms with Crippen molar-refractivity contribution in [2.75, 3.05) is 19.8 Å². The number of likely N-dealkylation sites (N-methyl/N-ethyl adjacent to an activating group) is 1. The number of rotatable bonds is 5. The van der Waals surface area contributed by atoms with E-state index in [1.165, 1.54) is 4.90 Å². The first-order chi connectivity index (χ1) is 7.26. The van der Waals surface area contributed by atoms with Gasteiger partial charge >= 0.3 is 0 Å². The zero-order valence-electron chi connectivity index (χ0n) is 9.45. The van der Waals surface area contributed by atoms with Gasteiger partial charge in [0.25, 0.3) is 0 Å². The van der Waals surface area contributed by atoms with Crippen LogP contribution in [-0.4, -0.2) is 25.8 Å². The van der Waals surface area contributed by atoms with E-state index in [0.717, 1.165) is 5.56 Å². The first-order valence-electron chi connectivity index (χ1n) is 4.80. The van der Waals surface area contributed by atoms with Gasteiger partial charge in [-0.2, -0.15) is 0 Å². The van der Waals surface area contributed by atoms with E-state index in [9.17, 15) is 4.79 Å². The maximum Gasteiger partial charge on any atom is 0.234 e. The number of halogens is 1. The van der Waals surface area contributed by atoms with Gasteiger partial charge in [0.1, 0.15) is 0 Å². The van der Waals surface area contributed by atoms with Gasteiger partial charge in [0.05, 0.1) is 6.54 Å². The normalized spacial score (nSPS) is 9.38. The maximum absolute atomic E-state index is 11.2. The molecule has 0 aliphatic carbocycles. The smallest absolute Gasteiger partial charge is 0.234 e. The van der Waals surface area contributed by atoms with E-state index in [1.807, 2.05) is 18.4 Å². The Labute approximate surface area is 107 Å². The predicted octanol–water partition coefficient (Wildman–Crippen LogP) is 1.67. The minimum Gasteiger partial charge on any atom is -0.351 e. The molecule has 0 atom stereocenters. The van der Waals surface area contributed by atoms with Crippen LogP contribution in [0.4, 0.5) is 0 Å². The Hall–Kier alpha value is -0.710. The minimum absolute atomic E-state index is 0. The van der Waals surface area contributed by atoms with Crippen LogP contribution in [0.15, 0.2) is 29.2 Å². The van der Waals surface area contributed by atoms with Crippen LogP contribution in [0.1, 0.15) is 5.56 Å². The van der Waals surface area contributed by atoms with Crippen molar-refractivity contribution < 1.29 is 4.79 Å². The molecule has 1 aromatic carbocycles. The second-order valence-electron chi connectivity index (χ2n) is 3.16. The summed E-state index contributed by atoms with van der Waals surface area (Å²) in [6, 6.07) is 8.19. The van der Waals surface area contributed by atoms with Crippen LogP contribution in [0.3, 0.4) is 0 Å². The first-order valence-corrected chi connectivity index (χ1v) is 6.03. The standard InChI is InChI=1S/C11H16N2OS.ClH/c1-12-8-11(14)13-7-9-3-5-10(15-2)6-4-9;/h3-6,12H,7-8H2,1-2H3,(H,13,14);1H. The van der Waals surface area contributed by atoms with Gasteiger partial charge in [-0.3, -0.25) is 4.79 Å². The molecule has 0 unspecified atom stereocenters. The van der Waals surface area contributed by atoms with Crippen LogP contribution in [0.2, 0.25) is 0 Å². The molecule has 0 aliphatic rings. The third-order valence-corrected chi connectivity index (χ3v) is 2.73. The summed E-state index contributed by atoms with van der Waals surface area (Å²) in [5.74, 6) is 0.0199. The third-order valence-electron chi connectivity index (χ3n) is 1.99. The van der Waals surface area contributed by atoms with Gasteiger partial charge in [0.15, 0.2) is 0 Å². The number of carbonyl (C=O) groups excluding carboxylic acids is 1. The highest BCUT2D eigenvalue weighted by molar-refractivity contribution is 7.98. The van der Waals surface area contributed by atoms with Crippen molar-refractivity contribution in [1.29, 1.82) is 0 Å². The van der Waals surface area contributed by atoms with Gasteiger partial charge in [-0.05, 0) is 31.0 Å². The SMILES string of the molecule is CNCC(=O)NCc1ccc(SC)cc1.Cl. The molecule has 0 spiro atoms. The lowest BCUT2D eigenvalue weighted by atomic mass is 10.2. The number of carbonyl (C=O) groups is 1. The second kappa shape index (κ2) is 8.44. The fraction of sp³-hybridized carbons (Fsp3) is 0.364. The number of hydrogen-bond donors (Lipinski definition) is 2. The van der Waals surface area contributed by atoms with Crippen molar-refractivity contribution in [3.8, 4) is 0 Å². The molecule has 0 aliphatic heterocycles. The molecule has 0 heterocycles. The Morgan fingerprint density at radius 3 is 2.44 bits per heavy atom. The van der Waals surface area contributed by atoms with Crippen molar-refractivity contribution in [1.82, 2.24) is 10.6 Å². The molecular formula is C11H17ClN2OS. The van der Waals surface area contributed by atoms with Crippen LogP contribution in [0, 0.1) is 0 Å². The summed E-state index contributed by atoms with van der Waals surface area (Å²) >= 11 is 1.71. The second-order valence-corrected chi connectivity index (χ2v) is 4.03. The Kier molecular flexibility index (Phi) is 8.07. The molecule has 0 radical (unpaired) electrons. The minimum atomic E-state index is 0. The van der Waals surface area contributed by atoms with Crippen LogP contribution >= 0.6 is 24.2 Å². The molecule has 3 nitrogen and oxygen atoms in total. The number of hydrogen-bond acceptors (Lipinski definition) is 3. The fourth-order valence-electron chi connectivity index (χ4n) is 1.17. The molecule has 1 amide bonds. The fourth-order valence-corrected chi connectivity index (χ4v) is 1.58. The topological polar surface area (TPSA) is 41.1 Å². The van der Waals surface area contributed by atoms with E-state index in [-0.39, 0.29) is 18.3 Å². The molecular weight excluding hydrogens is 244 g/mol. The van der Waals surface area contributed by atoms with Crippen molar-refractivity contribution >= 4 is 30.1 Å².